The number of nitriles is 2. The number of hydrogen-bond acceptors (Lipinski definition) is 6. The van der Waals surface area contributed by atoms with Gasteiger partial charge in [-0.05, 0) is 24.3 Å². The fourth-order valence-electron chi connectivity index (χ4n) is 1.47. The number of nitrogens with zero attached hydrogens (tertiary/aromatic N) is 2. The highest BCUT2D eigenvalue weighted by Gasteiger charge is 2.17. The minimum Gasteiger partial charge on any atom is -0.398 e. The van der Waals surface area contributed by atoms with Crippen LogP contribution in [-0.4, -0.2) is 8.42 Å². The number of nitrogen functional groups attached to an aromatic ring is 1. The summed E-state index contributed by atoms with van der Waals surface area (Å²) in [6.07, 6.45) is 0. The van der Waals surface area contributed by atoms with E-state index in [-0.39, 0.29) is 21.0 Å². The lowest BCUT2D eigenvalue weighted by Crippen LogP contribution is -2.11. The summed E-state index contributed by atoms with van der Waals surface area (Å²) >= 11 is 1.00. The van der Waals surface area contributed by atoms with Crippen molar-refractivity contribution in [2.24, 2.45) is 0 Å². The van der Waals surface area contributed by atoms with Crippen LogP contribution in [0.25, 0.3) is 0 Å². The maximum absolute atomic E-state index is 12.1. The molecule has 0 radical (unpaired) electrons. The van der Waals surface area contributed by atoms with E-state index in [0.717, 1.165) is 11.3 Å². The summed E-state index contributed by atoms with van der Waals surface area (Å²) in [7, 11) is -3.74. The van der Waals surface area contributed by atoms with Gasteiger partial charge in [0.15, 0.2) is 0 Å². The molecule has 0 atom stereocenters. The molecule has 2 aromatic rings. The predicted octanol–water partition coefficient (Wildman–Crippen LogP) is 1.87. The molecule has 0 bridgehead atoms. The van der Waals surface area contributed by atoms with E-state index in [9.17, 15) is 8.42 Å². The highest BCUT2D eigenvalue weighted by atomic mass is 32.2. The topological polar surface area (TPSA) is 120 Å². The van der Waals surface area contributed by atoms with Crippen molar-refractivity contribution in [3.05, 3.63) is 40.8 Å². The third-order valence-electron chi connectivity index (χ3n) is 2.37. The summed E-state index contributed by atoms with van der Waals surface area (Å²) in [4.78, 5) is 0. The van der Waals surface area contributed by atoms with Gasteiger partial charge in [0.05, 0.1) is 16.8 Å². The van der Waals surface area contributed by atoms with Gasteiger partial charge in [-0.3, -0.25) is 4.72 Å². The SMILES string of the molecule is N#Cc1ccc(NS(=O)(=O)c2cc(N)cs2)cc1C#N. The van der Waals surface area contributed by atoms with E-state index < -0.39 is 10.0 Å². The van der Waals surface area contributed by atoms with E-state index in [1.54, 1.807) is 0 Å². The van der Waals surface area contributed by atoms with Gasteiger partial charge in [-0.25, -0.2) is 8.42 Å². The molecule has 6 nitrogen and oxygen atoms in total. The van der Waals surface area contributed by atoms with E-state index in [1.165, 1.54) is 29.6 Å². The Kier molecular flexibility index (Phi) is 3.61. The van der Waals surface area contributed by atoms with Crippen LogP contribution < -0.4 is 10.5 Å². The molecular weight excluding hydrogens is 296 g/mol. The zero-order chi connectivity index (χ0) is 14.8. The molecule has 1 aromatic carbocycles. The molecule has 0 saturated heterocycles. The zero-order valence-corrected chi connectivity index (χ0v) is 11.6. The summed E-state index contributed by atoms with van der Waals surface area (Å²) in [6, 6.07) is 9.17. The van der Waals surface area contributed by atoms with E-state index >= 15 is 0 Å². The second kappa shape index (κ2) is 5.21. The Morgan fingerprint density at radius 1 is 1.15 bits per heavy atom. The first-order valence-electron chi connectivity index (χ1n) is 5.27. The highest BCUT2D eigenvalue weighted by molar-refractivity contribution is 7.94. The smallest absolute Gasteiger partial charge is 0.271 e. The minimum atomic E-state index is -3.74. The van der Waals surface area contributed by atoms with Crippen LogP contribution in [0, 0.1) is 22.7 Å². The summed E-state index contributed by atoms with van der Waals surface area (Å²) < 4.78 is 26.6. The molecule has 0 saturated carbocycles. The first-order valence-corrected chi connectivity index (χ1v) is 7.63. The lowest BCUT2D eigenvalue weighted by molar-refractivity contribution is 0.603. The van der Waals surface area contributed by atoms with E-state index in [1.807, 2.05) is 12.1 Å². The number of benzene rings is 1. The van der Waals surface area contributed by atoms with E-state index in [2.05, 4.69) is 4.72 Å². The van der Waals surface area contributed by atoms with Crippen LogP contribution in [0.5, 0.6) is 0 Å². The molecule has 3 N–H and O–H groups in total. The Morgan fingerprint density at radius 3 is 2.40 bits per heavy atom. The average molecular weight is 304 g/mol. The van der Waals surface area contributed by atoms with Crippen LogP contribution in [0.2, 0.25) is 0 Å². The largest absolute Gasteiger partial charge is 0.398 e. The molecule has 1 aromatic heterocycles. The molecule has 0 unspecified atom stereocenters. The second-order valence-corrected chi connectivity index (χ2v) is 6.61. The van der Waals surface area contributed by atoms with Gasteiger partial charge in [0.1, 0.15) is 16.3 Å². The molecule has 0 aliphatic rings. The Labute approximate surface area is 119 Å². The monoisotopic (exact) mass is 304 g/mol. The predicted molar refractivity (Wildman–Crippen MR) is 75.4 cm³/mol. The molecule has 1 heterocycles. The molecule has 0 amide bonds. The summed E-state index contributed by atoms with van der Waals surface area (Å²) in [6.45, 7) is 0. The third kappa shape index (κ3) is 2.72. The average Bonchev–Trinajstić information content (AvgIpc) is 2.85. The van der Waals surface area contributed by atoms with Gasteiger partial charge in [0.25, 0.3) is 10.0 Å². The molecule has 2 rings (SSSR count). The van der Waals surface area contributed by atoms with Crippen molar-refractivity contribution < 1.29 is 8.42 Å². The number of hydrogen-bond donors (Lipinski definition) is 2. The second-order valence-electron chi connectivity index (χ2n) is 3.79. The number of anilines is 2. The van der Waals surface area contributed by atoms with Crippen molar-refractivity contribution in [1.29, 1.82) is 10.5 Å². The van der Waals surface area contributed by atoms with Gasteiger partial charge in [-0.1, -0.05) is 0 Å². The summed E-state index contributed by atoms with van der Waals surface area (Å²) in [5.74, 6) is 0. The van der Waals surface area contributed by atoms with Crippen LogP contribution >= 0.6 is 11.3 Å². The van der Waals surface area contributed by atoms with Gasteiger partial charge in [-0.2, -0.15) is 10.5 Å². The summed E-state index contributed by atoms with van der Waals surface area (Å²) in [5.41, 5.74) is 6.38. The summed E-state index contributed by atoms with van der Waals surface area (Å²) in [5, 5.41) is 19.2. The number of nitrogens with two attached hydrogens (primary N) is 1. The Morgan fingerprint density at radius 2 is 1.85 bits per heavy atom. The molecule has 0 spiro atoms. The Bertz CT molecular complexity index is 841. The normalized spacial score (nSPS) is 10.5. The molecule has 0 aliphatic heterocycles. The fraction of sp³-hybridized carbons (Fsp3) is 0. The van der Waals surface area contributed by atoms with E-state index in [0.29, 0.717) is 5.69 Å². The maximum atomic E-state index is 12.1. The van der Waals surface area contributed by atoms with Crippen molar-refractivity contribution in [3.8, 4) is 12.1 Å². The van der Waals surface area contributed by atoms with Crippen LogP contribution in [0.3, 0.4) is 0 Å². The van der Waals surface area contributed by atoms with E-state index in [4.69, 9.17) is 16.3 Å². The molecule has 8 heteroatoms. The van der Waals surface area contributed by atoms with Gasteiger partial charge >= 0.3 is 0 Å². The van der Waals surface area contributed by atoms with Crippen molar-refractivity contribution >= 4 is 32.7 Å². The standard InChI is InChI=1S/C12H8N4O2S2/c13-5-8-1-2-11(3-9(8)6-14)16-20(17,18)12-4-10(15)7-19-12/h1-4,7,16H,15H2. The molecule has 20 heavy (non-hydrogen) atoms. The number of sulfonamides is 1. The molecule has 0 fully saturated rings. The Hall–Kier alpha value is -2.55. The van der Waals surface area contributed by atoms with Gasteiger partial charge in [0.2, 0.25) is 0 Å². The fourth-order valence-corrected chi connectivity index (χ4v) is 3.60. The lowest BCUT2D eigenvalue weighted by Gasteiger charge is -2.06. The first-order chi connectivity index (χ1) is 9.46. The van der Waals surface area contributed by atoms with Crippen molar-refractivity contribution in [2.75, 3.05) is 10.5 Å². The quantitative estimate of drug-likeness (QED) is 0.897. The lowest BCUT2D eigenvalue weighted by atomic mass is 10.1. The van der Waals surface area contributed by atoms with Crippen molar-refractivity contribution in [3.63, 3.8) is 0 Å². The molecule has 100 valence electrons. The number of nitrogens with one attached hydrogen (secondary N) is 1. The van der Waals surface area contributed by atoms with Crippen LogP contribution in [0.4, 0.5) is 11.4 Å². The van der Waals surface area contributed by atoms with Crippen molar-refractivity contribution in [1.82, 2.24) is 0 Å². The third-order valence-corrected chi connectivity index (χ3v) is 5.21. The molecule has 0 aliphatic carbocycles. The zero-order valence-electron chi connectivity index (χ0n) is 9.99. The first kappa shape index (κ1) is 13.9. The van der Waals surface area contributed by atoms with Crippen LogP contribution in [0.15, 0.2) is 33.9 Å². The van der Waals surface area contributed by atoms with Gasteiger partial charge in [0, 0.05) is 11.1 Å². The van der Waals surface area contributed by atoms with Crippen LogP contribution in [-0.2, 0) is 10.0 Å². The number of rotatable bonds is 3. The highest BCUT2D eigenvalue weighted by Crippen LogP contribution is 2.25. The van der Waals surface area contributed by atoms with Gasteiger partial charge < -0.3 is 5.73 Å². The van der Waals surface area contributed by atoms with Crippen LogP contribution in [0.1, 0.15) is 11.1 Å². The van der Waals surface area contributed by atoms with Gasteiger partial charge in [-0.15, -0.1) is 11.3 Å². The number of thiophene rings is 1. The maximum Gasteiger partial charge on any atom is 0.271 e. The van der Waals surface area contributed by atoms with Crippen molar-refractivity contribution in [2.45, 2.75) is 4.21 Å². The minimum absolute atomic E-state index is 0.0814. The molecular formula is C12H8N4O2S2. The Balaban J connectivity index is 2.36.